The van der Waals surface area contributed by atoms with E-state index in [-0.39, 0.29) is 12.1 Å². The van der Waals surface area contributed by atoms with Gasteiger partial charge < -0.3 is 19.8 Å². The van der Waals surface area contributed by atoms with Crippen molar-refractivity contribution in [3.63, 3.8) is 0 Å². The Bertz CT molecular complexity index is 705. The van der Waals surface area contributed by atoms with Crippen molar-refractivity contribution in [2.75, 3.05) is 38.2 Å². The predicted octanol–water partition coefficient (Wildman–Crippen LogP) is 3.35. The fourth-order valence-electron chi connectivity index (χ4n) is 3.12. The number of ether oxygens (including phenoxy) is 1. The summed E-state index contributed by atoms with van der Waals surface area (Å²) in [5, 5.41) is 5.86. The molecule has 2 amide bonds. The van der Waals surface area contributed by atoms with Crippen molar-refractivity contribution in [2.45, 2.75) is 26.3 Å². The van der Waals surface area contributed by atoms with Gasteiger partial charge in [-0.05, 0) is 43.2 Å². The molecule has 0 saturated carbocycles. The maximum absolute atomic E-state index is 12.3. The minimum Gasteiger partial charge on any atom is -0.465 e. The Hall–Kier alpha value is -2.31. The largest absolute Gasteiger partial charge is 0.465 e. The van der Waals surface area contributed by atoms with Crippen LogP contribution in [0.1, 0.15) is 30.0 Å². The lowest BCUT2D eigenvalue weighted by Crippen LogP contribution is -2.44. The summed E-state index contributed by atoms with van der Waals surface area (Å²) in [4.78, 5) is 14.6. The summed E-state index contributed by atoms with van der Waals surface area (Å²) in [6.07, 6.45) is 0.982. The molecule has 1 fully saturated rings. The number of hydrogen-bond donors (Lipinski definition) is 2. The molecule has 1 aromatic heterocycles. The van der Waals surface area contributed by atoms with Crippen molar-refractivity contribution in [3.05, 3.63) is 53.5 Å². The number of rotatable bonds is 6. The van der Waals surface area contributed by atoms with Gasteiger partial charge in [-0.15, -0.1) is 0 Å². The molecular weight excluding hydrogens is 330 g/mol. The molecule has 3 rings (SSSR count). The number of morpholine rings is 1. The van der Waals surface area contributed by atoms with E-state index in [0.717, 1.165) is 36.7 Å². The van der Waals surface area contributed by atoms with E-state index in [1.165, 1.54) is 5.56 Å². The van der Waals surface area contributed by atoms with Gasteiger partial charge in [-0.3, -0.25) is 4.90 Å². The van der Waals surface area contributed by atoms with E-state index in [1.807, 2.05) is 43.3 Å². The fraction of sp³-hybridized carbons (Fsp3) is 0.450. The van der Waals surface area contributed by atoms with Crippen molar-refractivity contribution in [1.29, 1.82) is 0 Å². The summed E-state index contributed by atoms with van der Waals surface area (Å²) < 4.78 is 11.3. The smallest absolute Gasteiger partial charge is 0.319 e. The van der Waals surface area contributed by atoms with Crippen molar-refractivity contribution >= 4 is 11.7 Å². The van der Waals surface area contributed by atoms with Crippen LogP contribution < -0.4 is 10.6 Å². The molecule has 6 nitrogen and oxygen atoms in total. The van der Waals surface area contributed by atoms with Gasteiger partial charge in [0.25, 0.3) is 0 Å². The fourth-order valence-corrected chi connectivity index (χ4v) is 3.12. The molecule has 26 heavy (non-hydrogen) atoms. The van der Waals surface area contributed by atoms with Crippen LogP contribution in [-0.2, 0) is 11.2 Å². The number of benzene rings is 1. The molecule has 1 aliphatic rings. The maximum Gasteiger partial charge on any atom is 0.319 e. The average Bonchev–Trinajstić information content (AvgIpc) is 3.09. The number of nitrogens with one attached hydrogen (secondary N) is 2. The molecule has 0 aliphatic carbocycles. The zero-order chi connectivity index (χ0) is 18.4. The second-order valence-electron chi connectivity index (χ2n) is 6.50. The van der Waals surface area contributed by atoms with Gasteiger partial charge in [0.05, 0.1) is 19.3 Å². The second-order valence-corrected chi connectivity index (χ2v) is 6.50. The van der Waals surface area contributed by atoms with Crippen molar-refractivity contribution in [2.24, 2.45) is 0 Å². The zero-order valence-electron chi connectivity index (χ0n) is 15.5. The van der Waals surface area contributed by atoms with Crippen molar-refractivity contribution in [3.8, 4) is 0 Å². The Morgan fingerprint density at radius 2 is 1.88 bits per heavy atom. The number of furan rings is 1. The normalized spacial score (nSPS) is 16.2. The van der Waals surface area contributed by atoms with E-state index in [4.69, 9.17) is 9.15 Å². The number of nitrogens with zero attached hydrogens (tertiary/aromatic N) is 1. The Morgan fingerprint density at radius 3 is 2.50 bits per heavy atom. The third-order valence-electron chi connectivity index (χ3n) is 4.65. The van der Waals surface area contributed by atoms with Gasteiger partial charge in [0, 0.05) is 25.3 Å². The molecule has 2 aromatic rings. The number of aryl methyl sites for hydroxylation is 2. The molecular formula is C20H27N3O3. The topological polar surface area (TPSA) is 66.7 Å². The van der Waals surface area contributed by atoms with E-state index >= 15 is 0 Å². The standard InChI is InChI=1S/C20H27N3O3/c1-3-16-5-7-17(8-6-16)22-20(24)21-14-18(19-9-4-15(2)26-19)23-10-12-25-13-11-23/h4-9,18H,3,10-14H2,1-2H3,(H2,21,22,24). The number of anilines is 1. The van der Waals surface area contributed by atoms with Crippen LogP contribution in [0.3, 0.4) is 0 Å². The molecule has 140 valence electrons. The van der Waals surface area contributed by atoms with Gasteiger partial charge in [0.15, 0.2) is 0 Å². The van der Waals surface area contributed by atoms with E-state index in [9.17, 15) is 4.79 Å². The lowest BCUT2D eigenvalue weighted by atomic mass is 10.1. The number of amides is 2. The lowest BCUT2D eigenvalue weighted by molar-refractivity contribution is 0.0122. The third kappa shape index (κ3) is 4.86. The highest BCUT2D eigenvalue weighted by molar-refractivity contribution is 5.89. The van der Waals surface area contributed by atoms with Gasteiger partial charge in [-0.25, -0.2) is 4.79 Å². The van der Waals surface area contributed by atoms with Crippen LogP contribution in [0.5, 0.6) is 0 Å². The van der Waals surface area contributed by atoms with Crippen molar-refractivity contribution < 1.29 is 13.9 Å². The van der Waals surface area contributed by atoms with Crippen LogP contribution in [0.15, 0.2) is 40.8 Å². The molecule has 2 N–H and O–H groups in total. The summed E-state index contributed by atoms with van der Waals surface area (Å²) in [5.41, 5.74) is 2.04. The van der Waals surface area contributed by atoms with Crippen LogP contribution in [0.4, 0.5) is 10.5 Å². The zero-order valence-corrected chi connectivity index (χ0v) is 15.5. The quantitative estimate of drug-likeness (QED) is 0.832. The summed E-state index contributed by atoms with van der Waals surface area (Å²) in [7, 11) is 0. The molecule has 1 saturated heterocycles. The monoisotopic (exact) mass is 357 g/mol. The molecule has 0 bridgehead atoms. The van der Waals surface area contributed by atoms with Crippen LogP contribution in [-0.4, -0.2) is 43.8 Å². The molecule has 1 aliphatic heterocycles. The molecule has 0 spiro atoms. The Kier molecular flexibility index (Phi) is 6.30. The Labute approximate surface area is 154 Å². The van der Waals surface area contributed by atoms with E-state index in [2.05, 4.69) is 22.5 Å². The van der Waals surface area contributed by atoms with Gasteiger partial charge in [-0.2, -0.15) is 0 Å². The number of urea groups is 1. The summed E-state index contributed by atoms with van der Waals surface area (Å²) >= 11 is 0. The second kappa shape index (κ2) is 8.87. The highest BCUT2D eigenvalue weighted by atomic mass is 16.5. The number of hydrogen-bond acceptors (Lipinski definition) is 4. The van der Waals surface area contributed by atoms with Gasteiger partial charge in [0.2, 0.25) is 0 Å². The van der Waals surface area contributed by atoms with E-state index in [0.29, 0.717) is 19.8 Å². The molecule has 0 radical (unpaired) electrons. The van der Waals surface area contributed by atoms with Crippen molar-refractivity contribution in [1.82, 2.24) is 10.2 Å². The third-order valence-corrected chi connectivity index (χ3v) is 4.65. The van der Waals surface area contributed by atoms with Gasteiger partial charge in [-0.1, -0.05) is 19.1 Å². The minimum absolute atomic E-state index is 0.000757. The minimum atomic E-state index is -0.212. The molecule has 1 atom stereocenters. The summed E-state index contributed by atoms with van der Waals surface area (Å²) in [6, 6.07) is 11.6. The summed E-state index contributed by atoms with van der Waals surface area (Å²) in [5.74, 6) is 1.75. The van der Waals surface area contributed by atoms with Crippen LogP contribution >= 0.6 is 0 Å². The first kappa shape index (κ1) is 18.5. The van der Waals surface area contributed by atoms with E-state index in [1.54, 1.807) is 0 Å². The number of carbonyl (C=O) groups excluding carboxylic acids is 1. The first-order valence-electron chi connectivity index (χ1n) is 9.17. The average molecular weight is 357 g/mol. The van der Waals surface area contributed by atoms with Crippen LogP contribution in [0, 0.1) is 6.92 Å². The first-order chi connectivity index (χ1) is 12.7. The van der Waals surface area contributed by atoms with Crippen LogP contribution in [0.25, 0.3) is 0 Å². The lowest BCUT2D eigenvalue weighted by Gasteiger charge is -2.33. The van der Waals surface area contributed by atoms with Gasteiger partial charge in [0.1, 0.15) is 11.5 Å². The summed E-state index contributed by atoms with van der Waals surface area (Å²) in [6.45, 7) is 7.57. The first-order valence-corrected chi connectivity index (χ1v) is 9.17. The Balaban J connectivity index is 1.60. The van der Waals surface area contributed by atoms with E-state index < -0.39 is 0 Å². The van der Waals surface area contributed by atoms with Crippen LogP contribution in [0.2, 0.25) is 0 Å². The highest BCUT2D eigenvalue weighted by Crippen LogP contribution is 2.23. The van der Waals surface area contributed by atoms with Gasteiger partial charge >= 0.3 is 6.03 Å². The molecule has 1 aromatic carbocycles. The molecule has 1 unspecified atom stereocenters. The maximum atomic E-state index is 12.3. The predicted molar refractivity (Wildman–Crippen MR) is 101 cm³/mol. The SMILES string of the molecule is CCc1ccc(NC(=O)NCC(c2ccc(C)o2)N2CCOCC2)cc1. The highest BCUT2D eigenvalue weighted by Gasteiger charge is 2.25. The molecule has 2 heterocycles. The Morgan fingerprint density at radius 1 is 1.15 bits per heavy atom. The number of carbonyl (C=O) groups is 1. The molecule has 6 heteroatoms.